The SMILES string of the molecule is C[C@]12CC[C@@](O)(C(Cl)(Cl)Cl)C[C@H]1CC(=O)[C@@H]1[C@@H]2CC[C@]2(C)C(=O)CC[C@@H]12. The molecule has 0 aromatic carbocycles. The van der Waals surface area contributed by atoms with Crippen molar-refractivity contribution in [2.45, 2.75) is 74.6 Å². The van der Waals surface area contributed by atoms with Crippen LogP contribution in [0.2, 0.25) is 0 Å². The zero-order chi connectivity index (χ0) is 19.1. The number of carbonyl (C=O) groups is 2. The maximum atomic E-state index is 13.2. The van der Waals surface area contributed by atoms with Crippen LogP contribution in [0.1, 0.15) is 65.2 Å². The van der Waals surface area contributed by atoms with Crippen LogP contribution in [0.3, 0.4) is 0 Å². The van der Waals surface area contributed by atoms with Crippen molar-refractivity contribution in [2.24, 2.45) is 34.5 Å². The number of Topliss-reactive ketones (excluding diaryl/α,β-unsaturated/α-hetero) is 2. The van der Waals surface area contributed by atoms with Crippen molar-refractivity contribution in [2.75, 3.05) is 0 Å². The molecule has 0 aromatic rings. The van der Waals surface area contributed by atoms with E-state index in [2.05, 4.69) is 13.8 Å². The van der Waals surface area contributed by atoms with Gasteiger partial charge in [-0.1, -0.05) is 48.7 Å². The summed E-state index contributed by atoms with van der Waals surface area (Å²) in [5.74, 6) is 1.09. The Morgan fingerprint density at radius 3 is 2.38 bits per heavy atom. The van der Waals surface area contributed by atoms with Gasteiger partial charge in [-0.15, -0.1) is 0 Å². The van der Waals surface area contributed by atoms with Gasteiger partial charge in [0.25, 0.3) is 0 Å². The number of alkyl halides is 3. The highest BCUT2D eigenvalue weighted by Crippen LogP contribution is 2.66. The lowest BCUT2D eigenvalue weighted by Crippen LogP contribution is -2.60. The van der Waals surface area contributed by atoms with Gasteiger partial charge < -0.3 is 5.11 Å². The average Bonchev–Trinajstić information content (AvgIpc) is 2.84. The molecule has 0 aliphatic heterocycles. The number of hydrogen-bond donors (Lipinski definition) is 1. The van der Waals surface area contributed by atoms with Crippen molar-refractivity contribution in [3.8, 4) is 0 Å². The van der Waals surface area contributed by atoms with Gasteiger partial charge in [0.15, 0.2) is 0 Å². The minimum Gasteiger partial charge on any atom is -0.385 e. The van der Waals surface area contributed by atoms with Gasteiger partial charge in [0.05, 0.1) is 0 Å². The number of halogens is 3. The summed E-state index contributed by atoms with van der Waals surface area (Å²) in [4.78, 5) is 25.7. The zero-order valence-electron chi connectivity index (χ0n) is 15.4. The lowest BCUT2D eigenvalue weighted by atomic mass is 9.44. The minimum atomic E-state index is -1.74. The molecule has 1 N–H and O–H groups in total. The van der Waals surface area contributed by atoms with Crippen LogP contribution < -0.4 is 0 Å². The number of carbonyl (C=O) groups excluding carboxylic acids is 2. The van der Waals surface area contributed by atoms with E-state index in [1.54, 1.807) is 0 Å². The summed E-state index contributed by atoms with van der Waals surface area (Å²) >= 11 is 18.2. The van der Waals surface area contributed by atoms with E-state index >= 15 is 0 Å². The van der Waals surface area contributed by atoms with Crippen molar-refractivity contribution >= 4 is 46.4 Å². The van der Waals surface area contributed by atoms with E-state index in [-0.39, 0.29) is 40.3 Å². The number of rotatable bonds is 0. The third-order valence-electron chi connectivity index (χ3n) is 8.77. The molecule has 26 heavy (non-hydrogen) atoms. The van der Waals surface area contributed by atoms with Gasteiger partial charge in [-0.2, -0.15) is 0 Å². The largest absolute Gasteiger partial charge is 0.385 e. The normalized spacial score (nSPS) is 51.6. The molecule has 4 aliphatic rings. The van der Waals surface area contributed by atoms with Crippen LogP contribution in [-0.4, -0.2) is 26.1 Å². The summed E-state index contributed by atoms with van der Waals surface area (Å²) in [6.45, 7) is 4.34. The molecule has 0 aromatic heterocycles. The van der Waals surface area contributed by atoms with Gasteiger partial charge in [-0.3, -0.25) is 9.59 Å². The second kappa shape index (κ2) is 5.84. The van der Waals surface area contributed by atoms with E-state index in [0.717, 1.165) is 25.7 Å². The topological polar surface area (TPSA) is 54.4 Å². The van der Waals surface area contributed by atoms with Crippen LogP contribution in [0, 0.1) is 34.5 Å². The number of ketones is 2. The first-order chi connectivity index (χ1) is 11.9. The Morgan fingerprint density at radius 2 is 1.73 bits per heavy atom. The molecule has 0 saturated heterocycles. The Hall–Kier alpha value is 0.170. The predicted octanol–water partition coefficient (Wildman–Crippen LogP) is 4.88. The smallest absolute Gasteiger partial charge is 0.218 e. The highest BCUT2D eigenvalue weighted by molar-refractivity contribution is 6.68. The first-order valence-corrected chi connectivity index (χ1v) is 10.9. The van der Waals surface area contributed by atoms with E-state index in [1.807, 2.05) is 0 Å². The standard InChI is InChI=1S/C20H27Cl3O3/c1-17-7-8-19(26,20(21,22)23)10-11(17)9-14(24)16-12-3-4-15(25)18(12,2)6-5-13(16)17/h11-13,16,26H,3-10H2,1-2H3/t11-,12+,13+,16+,17+,18+,19+/m1/s1. The maximum absolute atomic E-state index is 13.2. The minimum absolute atomic E-state index is 0.0135. The van der Waals surface area contributed by atoms with Crippen LogP contribution in [0.15, 0.2) is 0 Å². The molecular weight excluding hydrogens is 395 g/mol. The number of fused-ring (bicyclic) bond motifs is 5. The zero-order valence-corrected chi connectivity index (χ0v) is 17.6. The summed E-state index contributed by atoms with van der Waals surface area (Å²) in [5, 5.41) is 10.9. The second-order valence-electron chi connectivity index (χ2n) is 9.76. The Kier molecular flexibility index (Phi) is 4.38. The van der Waals surface area contributed by atoms with Gasteiger partial charge >= 0.3 is 0 Å². The van der Waals surface area contributed by atoms with E-state index in [1.165, 1.54) is 0 Å². The molecule has 3 nitrogen and oxygen atoms in total. The third kappa shape index (κ3) is 2.49. The maximum Gasteiger partial charge on any atom is 0.218 e. The van der Waals surface area contributed by atoms with E-state index in [9.17, 15) is 14.7 Å². The molecule has 6 heteroatoms. The van der Waals surface area contributed by atoms with Crippen molar-refractivity contribution in [1.29, 1.82) is 0 Å². The molecule has 4 aliphatic carbocycles. The van der Waals surface area contributed by atoms with Crippen molar-refractivity contribution < 1.29 is 14.7 Å². The third-order valence-corrected chi connectivity index (χ3v) is 9.82. The van der Waals surface area contributed by atoms with Crippen LogP contribution in [0.5, 0.6) is 0 Å². The molecule has 0 radical (unpaired) electrons. The average molecular weight is 422 g/mol. The molecule has 7 atom stereocenters. The first-order valence-electron chi connectivity index (χ1n) is 9.77. The Labute approximate surface area is 170 Å². The van der Waals surface area contributed by atoms with Crippen LogP contribution in [0.25, 0.3) is 0 Å². The second-order valence-corrected chi connectivity index (χ2v) is 12.0. The molecule has 0 heterocycles. The summed E-state index contributed by atoms with van der Waals surface area (Å²) in [7, 11) is 0. The highest BCUT2D eigenvalue weighted by atomic mass is 35.6. The molecule has 0 amide bonds. The van der Waals surface area contributed by atoms with Crippen molar-refractivity contribution in [3.05, 3.63) is 0 Å². The van der Waals surface area contributed by atoms with Gasteiger partial charge in [-0.25, -0.2) is 0 Å². The number of aliphatic hydroxyl groups is 1. The number of hydrogen-bond acceptors (Lipinski definition) is 3. The summed E-state index contributed by atoms with van der Waals surface area (Å²) in [6.07, 6.45) is 5.24. The quantitative estimate of drug-likeness (QED) is 0.567. The fourth-order valence-corrected chi connectivity index (χ4v) is 7.47. The van der Waals surface area contributed by atoms with Crippen LogP contribution in [-0.2, 0) is 9.59 Å². The lowest BCUT2D eigenvalue weighted by molar-refractivity contribution is -0.167. The van der Waals surface area contributed by atoms with Gasteiger partial charge in [0.1, 0.15) is 17.2 Å². The molecule has 4 rings (SSSR count). The Balaban J connectivity index is 1.66. The van der Waals surface area contributed by atoms with E-state index in [4.69, 9.17) is 34.8 Å². The predicted molar refractivity (Wildman–Crippen MR) is 102 cm³/mol. The molecule has 0 bridgehead atoms. The lowest BCUT2D eigenvalue weighted by Gasteiger charge is -2.61. The van der Waals surface area contributed by atoms with E-state index < -0.39 is 9.39 Å². The molecule has 4 fully saturated rings. The first kappa shape index (κ1) is 19.5. The molecule has 0 spiro atoms. The van der Waals surface area contributed by atoms with Crippen LogP contribution in [0.4, 0.5) is 0 Å². The van der Waals surface area contributed by atoms with Gasteiger partial charge in [-0.05, 0) is 61.7 Å². The van der Waals surface area contributed by atoms with Crippen LogP contribution >= 0.6 is 34.8 Å². The monoisotopic (exact) mass is 420 g/mol. The highest BCUT2D eigenvalue weighted by Gasteiger charge is 2.65. The Bertz CT molecular complexity index is 659. The molecule has 0 unspecified atom stereocenters. The Morgan fingerprint density at radius 1 is 1.04 bits per heavy atom. The van der Waals surface area contributed by atoms with Crippen molar-refractivity contribution in [1.82, 2.24) is 0 Å². The summed E-state index contributed by atoms with van der Waals surface area (Å²) in [5.41, 5.74) is -1.72. The fraction of sp³-hybridized carbons (Fsp3) is 0.900. The van der Waals surface area contributed by atoms with Crippen molar-refractivity contribution in [3.63, 3.8) is 0 Å². The van der Waals surface area contributed by atoms with E-state index in [0.29, 0.717) is 31.5 Å². The fourth-order valence-electron chi connectivity index (χ4n) is 6.96. The van der Waals surface area contributed by atoms with Gasteiger partial charge in [0, 0.05) is 24.2 Å². The molecule has 4 saturated carbocycles. The summed E-state index contributed by atoms with van der Waals surface area (Å²) < 4.78 is -1.74. The molecular formula is C20H27Cl3O3. The van der Waals surface area contributed by atoms with Gasteiger partial charge in [0.2, 0.25) is 3.79 Å². The summed E-state index contributed by atoms with van der Waals surface area (Å²) in [6, 6.07) is 0. The molecule has 146 valence electrons.